The molecule has 1 aliphatic heterocycles. The summed E-state index contributed by atoms with van der Waals surface area (Å²) in [6.45, 7) is 6.78. The van der Waals surface area contributed by atoms with E-state index < -0.39 is 0 Å². The summed E-state index contributed by atoms with van der Waals surface area (Å²) in [5, 5.41) is 2.99. The Hall–Kier alpha value is -1.64. The molecule has 1 aliphatic carbocycles. The van der Waals surface area contributed by atoms with Crippen molar-refractivity contribution in [1.29, 1.82) is 0 Å². The molecule has 3 heteroatoms. The second-order valence-corrected chi connectivity index (χ2v) is 7.04. The molecule has 3 nitrogen and oxygen atoms in total. The molecule has 0 bridgehead atoms. The Bertz CT molecular complexity index is 542. The van der Waals surface area contributed by atoms with Crippen molar-refractivity contribution >= 4 is 11.7 Å². The van der Waals surface area contributed by atoms with Gasteiger partial charge in [-0.1, -0.05) is 51.1 Å². The van der Waals surface area contributed by atoms with Gasteiger partial charge in [-0.2, -0.15) is 0 Å². The van der Waals surface area contributed by atoms with Gasteiger partial charge in [-0.15, -0.1) is 0 Å². The average Bonchev–Trinajstić information content (AvgIpc) is 2.84. The van der Waals surface area contributed by atoms with Gasteiger partial charge >= 0.3 is 0 Å². The molecule has 3 atom stereocenters. The van der Waals surface area contributed by atoms with Crippen molar-refractivity contribution in [2.75, 3.05) is 0 Å². The number of amidine groups is 1. The average molecular weight is 270 g/mol. The van der Waals surface area contributed by atoms with E-state index in [0.29, 0.717) is 5.92 Å². The zero-order valence-electron chi connectivity index (χ0n) is 12.4. The Morgan fingerprint density at radius 3 is 2.50 bits per heavy atom. The van der Waals surface area contributed by atoms with E-state index in [4.69, 9.17) is 4.99 Å². The Labute approximate surface area is 120 Å². The highest BCUT2D eigenvalue weighted by Gasteiger charge is 2.45. The standard InChI is InChI=1S/C17H22N2O/c1-17(2,3)12-9-13-14(10-12)18-15(19-16(13)20)11-7-5-4-6-8-11/h4-8,12-14H,9-10H2,1-3H3,(H,18,19,20)/t12-,13-,14+/m0/s1. The summed E-state index contributed by atoms with van der Waals surface area (Å²) in [7, 11) is 0. The van der Waals surface area contributed by atoms with Gasteiger partial charge < -0.3 is 5.32 Å². The maximum atomic E-state index is 12.3. The number of benzene rings is 1. The fraction of sp³-hybridized carbons (Fsp3) is 0.529. The van der Waals surface area contributed by atoms with Gasteiger partial charge in [0.15, 0.2) is 0 Å². The third kappa shape index (κ3) is 2.37. The minimum Gasteiger partial charge on any atom is -0.310 e. The Morgan fingerprint density at radius 1 is 1.15 bits per heavy atom. The lowest BCUT2D eigenvalue weighted by Gasteiger charge is -2.26. The van der Waals surface area contributed by atoms with Gasteiger partial charge in [0.25, 0.3) is 0 Å². The van der Waals surface area contributed by atoms with Gasteiger partial charge in [-0.3, -0.25) is 9.79 Å². The highest BCUT2D eigenvalue weighted by atomic mass is 16.2. The van der Waals surface area contributed by atoms with Crippen LogP contribution in [0.2, 0.25) is 0 Å². The van der Waals surface area contributed by atoms with Crippen molar-refractivity contribution in [3.8, 4) is 0 Å². The van der Waals surface area contributed by atoms with Crippen molar-refractivity contribution in [3.05, 3.63) is 35.9 Å². The third-order valence-corrected chi connectivity index (χ3v) is 4.67. The highest BCUT2D eigenvalue weighted by Crippen LogP contribution is 2.44. The molecule has 1 saturated carbocycles. The predicted molar refractivity (Wildman–Crippen MR) is 80.6 cm³/mol. The number of aliphatic imine (C=N–C) groups is 1. The zero-order valence-corrected chi connectivity index (χ0v) is 12.4. The lowest BCUT2D eigenvalue weighted by molar-refractivity contribution is -0.124. The molecule has 2 aliphatic rings. The van der Waals surface area contributed by atoms with Crippen LogP contribution in [-0.2, 0) is 4.79 Å². The minimum absolute atomic E-state index is 0.0617. The molecule has 1 N–H and O–H groups in total. The van der Waals surface area contributed by atoms with Crippen LogP contribution in [0, 0.1) is 17.3 Å². The maximum absolute atomic E-state index is 12.3. The quantitative estimate of drug-likeness (QED) is 0.837. The van der Waals surface area contributed by atoms with Crippen molar-refractivity contribution in [1.82, 2.24) is 5.32 Å². The van der Waals surface area contributed by atoms with Crippen LogP contribution in [0.15, 0.2) is 35.3 Å². The summed E-state index contributed by atoms with van der Waals surface area (Å²) in [5.41, 5.74) is 1.25. The maximum Gasteiger partial charge on any atom is 0.230 e. The third-order valence-electron chi connectivity index (χ3n) is 4.67. The summed E-state index contributed by atoms with van der Waals surface area (Å²) in [6.07, 6.45) is 1.99. The molecule has 0 saturated heterocycles. The lowest BCUT2D eigenvalue weighted by Crippen LogP contribution is -2.44. The largest absolute Gasteiger partial charge is 0.310 e. The monoisotopic (exact) mass is 270 g/mol. The SMILES string of the molecule is CC(C)(C)[C@H]1C[C@@H]2C(=O)NC(c3ccccc3)=N[C@@H]2C1. The Balaban J connectivity index is 1.87. The molecule has 0 unspecified atom stereocenters. The van der Waals surface area contributed by atoms with E-state index in [0.717, 1.165) is 24.2 Å². The molecule has 1 aromatic rings. The zero-order chi connectivity index (χ0) is 14.3. The van der Waals surface area contributed by atoms with Crippen LogP contribution in [0.4, 0.5) is 0 Å². The number of nitrogens with zero attached hydrogens (tertiary/aromatic N) is 1. The van der Waals surface area contributed by atoms with Gasteiger partial charge in [0.05, 0.1) is 12.0 Å². The molecular formula is C17H22N2O. The van der Waals surface area contributed by atoms with Crippen LogP contribution in [0.25, 0.3) is 0 Å². The number of carbonyl (C=O) groups excluding carboxylic acids is 1. The first-order valence-corrected chi connectivity index (χ1v) is 7.39. The Morgan fingerprint density at radius 2 is 1.85 bits per heavy atom. The van der Waals surface area contributed by atoms with Crippen LogP contribution in [-0.4, -0.2) is 17.8 Å². The summed E-state index contributed by atoms with van der Waals surface area (Å²) >= 11 is 0. The fourth-order valence-corrected chi connectivity index (χ4v) is 3.30. The highest BCUT2D eigenvalue weighted by molar-refractivity contribution is 6.10. The lowest BCUT2D eigenvalue weighted by atomic mass is 9.79. The molecule has 106 valence electrons. The Kier molecular flexibility index (Phi) is 3.15. The molecule has 1 fully saturated rings. The van der Waals surface area contributed by atoms with E-state index in [1.165, 1.54) is 0 Å². The summed E-state index contributed by atoms with van der Waals surface area (Å²) in [6, 6.07) is 10.1. The first-order chi connectivity index (χ1) is 9.45. The van der Waals surface area contributed by atoms with Crippen molar-refractivity contribution < 1.29 is 4.79 Å². The van der Waals surface area contributed by atoms with Crippen LogP contribution in [0.5, 0.6) is 0 Å². The topological polar surface area (TPSA) is 41.5 Å². The van der Waals surface area contributed by atoms with E-state index in [1.807, 2.05) is 30.3 Å². The van der Waals surface area contributed by atoms with Crippen LogP contribution < -0.4 is 5.32 Å². The molecule has 0 spiro atoms. The first-order valence-electron chi connectivity index (χ1n) is 7.39. The van der Waals surface area contributed by atoms with E-state index in [-0.39, 0.29) is 23.3 Å². The van der Waals surface area contributed by atoms with E-state index in [2.05, 4.69) is 26.1 Å². The van der Waals surface area contributed by atoms with Gasteiger partial charge in [0.1, 0.15) is 5.84 Å². The number of fused-ring (bicyclic) bond motifs is 1. The molecule has 1 amide bonds. The molecule has 20 heavy (non-hydrogen) atoms. The van der Waals surface area contributed by atoms with E-state index in [9.17, 15) is 4.79 Å². The van der Waals surface area contributed by atoms with Crippen molar-refractivity contribution in [2.24, 2.45) is 22.2 Å². The smallest absolute Gasteiger partial charge is 0.230 e. The minimum atomic E-state index is 0.0617. The first kappa shape index (κ1) is 13.3. The van der Waals surface area contributed by atoms with Crippen LogP contribution >= 0.6 is 0 Å². The van der Waals surface area contributed by atoms with E-state index in [1.54, 1.807) is 0 Å². The fourth-order valence-electron chi connectivity index (χ4n) is 3.30. The van der Waals surface area contributed by atoms with Gasteiger partial charge in [-0.25, -0.2) is 0 Å². The van der Waals surface area contributed by atoms with E-state index >= 15 is 0 Å². The number of hydrogen-bond acceptors (Lipinski definition) is 2. The molecule has 1 heterocycles. The second-order valence-electron chi connectivity index (χ2n) is 7.04. The van der Waals surface area contributed by atoms with Crippen LogP contribution in [0.1, 0.15) is 39.2 Å². The molecule has 1 aromatic carbocycles. The molecule has 0 aromatic heterocycles. The van der Waals surface area contributed by atoms with Gasteiger partial charge in [-0.05, 0) is 24.2 Å². The molecule has 0 radical (unpaired) electrons. The molecular weight excluding hydrogens is 248 g/mol. The summed E-state index contributed by atoms with van der Waals surface area (Å²) in [5.74, 6) is 1.52. The molecule has 3 rings (SSSR count). The van der Waals surface area contributed by atoms with Gasteiger partial charge in [0, 0.05) is 5.56 Å². The predicted octanol–water partition coefficient (Wildman–Crippen LogP) is 3.00. The number of rotatable bonds is 1. The summed E-state index contributed by atoms with van der Waals surface area (Å²) < 4.78 is 0. The van der Waals surface area contributed by atoms with Gasteiger partial charge in [0.2, 0.25) is 5.91 Å². The van der Waals surface area contributed by atoms with Crippen molar-refractivity contribution in [3.63, 3.8) is 0 Å². The van der Waals surface area contributed by atoms with Crippen LogP contribution in [0.3, 0.4) is 0 Å². The number of amides is 1. The summed E-state index contributed by atoms with van der Waals surface area (Å²) in [4.78, 5) is 17.2. The number of carbonyl (C=O) groups is 1. The number of hydrogen-bond donors (Lipinski definition) is 1. The number of nitrogens with one attached hydrogen (secondary N) is 1. The van der Waals surface area contributed by atoms with Crippen molar-refractivity contribution in [2.45, 2.75) is 39.7 Å². The second kappa shape index (κ2) is 4.72. The normalized spacial score (nSPS) is 29.6.